The van der Waals surface area contributed by atoms with Gasteiger partial charge in [0.2, 0.25) is 0 Å². The number of aromatic amines is 1. The fourth-order valence-electron chi connectivity index (χ4n) is 2.30. The van der Waals surface area contributed by atoms with E-state index in [4.69, 9.17) is 0 Å². The van der Waals surface area contributed by atoms with Crippen LogP contribution < -0.4 is 15.4 Å². The number of imidazole rings is 1. The molecule has 4 N–H and O–H groups in total. The Morgan fingerprint density at radius 2 is 1.89 bits per heavy atom. The minimum atomic E-state index is -3.59. The number of anilines is 3. The van der Waals surface area contributed by atoms with E-state index in [1.54, 1.807) is 19.2 Å². The molecule has 3 rings (SSSR count). The average Bonchev–Trinajstić information content (AvgIpc) is 3.14. The molecule has 0 aliphatic heterocycles. The van der Waals surface area contributed by atoms with Gasteiger partial charge in [-0.25, -0.2) is 33.1 Å². The number of aryl methyl sites for hydroxylation is 2. The number of hydrogen-bond acceptors (Lipinski definition) is 8. The summed E-state index contributed by atoms with van der Waals surface area (Å²) >= 11 is 0. The van der Waals surface area contributed by atoms with Crippen LogP contribution in [0.1, 0.15) is 11.4 Å². The monoisotopic (exact) mass is 388 g/mol. The SMILES string of the molecule is Cc1ccnc(Nc2cc(NCCNS(=O)(=O)c3cnc[nH]3)nc(C)n2)c1. The van der Waals surface area contributed by atoms with Crippen molar-refractivity contribution < 1.29 is 8.42 Å². The lowest BCUT2D eigenvalue weighted by molar-refractivity contribution is 0.579. The van der Waals surface area contributed by atoms with Gasteiger partial charge in [-0.1, -0.05) is 0 Å². The van der Waals surface area contributed by atoms with E-state index in [0.717, 1.165) is 5.56 Å². The van der Waals surface area contributed by atoms with Gasteiger partial charge in [0.05, 0.1) is 12.5 Å². The summed E-state index contributed by atoms with van der Waals surface area (Å²) in [6, 6.07) is 5.56. The van der Waals surface area contributed by atoms with Gasteiger partial charge in [0.1, 0.15) is 23.3 Å². The van der Waals surface area contributed by atoms with Crippen LogP contribution in [-0.4, -0.2) is 46.4 Å². The van der Waals surface area contributed by atoms with Gasteiger partial charge in [0, 0.05) is 25.4 Å². The number of pyridine rings is 1. The van der Waals surface area contributed by atoms with E-state index >= 15 is 0 Å². The summed E-state index contributed by atoms with van der Waals surface area (Å²) < 4.78 is 26.5. The zero-order valence-electron chi connectivity index (χ0n) is 14.9. The summed E-state index contributed by atoms with van der Waals surface area (Å²) in [5.41, 5.74) is 1.08. The summed E-state index contributed by atoms with van der Waals surface area (Å²) in [6.45, 7) is 4.30. The number of H-pyrrole nitrogens is 1. The van der Waals surface area contributed by atoms with Gasteiger partial charge in [0.25, 0.3) is 10.0 Å². The fourth-order valence-corrected chi connectivity index (χ4v) is 3.24. The molecule has 0 radical (unpaired) electrons. The molecule has 0 aromatic carbocycles. The molecule has 10 nitrogen and oxygen atoms in total. The van der Waals surface area contributed by atoms with Crippen LogP contribution >= 0.6 is 0 Å². The van der Waals surface area contributed by atoms with Crippen LogP contribution in [0.25, 0.3) is 0 Å². The van der Waals surface area contributed by atoms with Gasteiger partial charge in [-0.2, -0.15) is 0 Å². The molecule has 142 valence electrons. The lowest BCUT2D eigenvalue weighted by Gasteiger charge is -2.10. The predicted molar refractivity (Wildman–Crippen MR) is 101 cm³/mol. The van der Waals surface area contributed by atoms with Crippen molar-refractivity contribution in [2.45, 2.75) is 18.9 Å². The van der Waals surface area contributed by atoms with Crippen molar-refractivity contribution in [1.82, 2.24) is 29.6 Å². The Hall–Kier alpha value is -3.05. The third-order valence-corrected chi connectivity index (χ3v) is 4.88. The Kier molecular flexibility index (Phi) is 5.62. The molecule has 11 heteroatoms. The summed E-state index contributed by atoms with van der Waals surface area (Å²) in [7, 11) is -3.59. The zero-order valence-corrected chi connectivity index (χ0v) is 15.7. The number of nitrogens with zero attached hydrogens (tertiary/aromatic N) is 4. The fraction of sp³-hybridized carbons (Fsp3) is 0.250. The van der Waals surface area contributed by atoms with Gasteiger partial charge in [-0.15, -0.1) is 0 Å². The van der Waals surface area contributed by atoms with E-state index in [1.807, 2.05) is 19.1 Å². The minimum Gasteiger partial charge on any atom is -0.369 e. The molecule has 0 spiro atoms. The molecule has 0 atom stereocenters. The molecule has 0 amide bonds. The summed E-state index contributed by atoms with van der Waals surface area (Å²) in [4.78, 5) is 19.1. The summed E-state index contributed by atoms with van der Waals surface area (Å²) in [5.74, 6) is 2.44. The Labute approximate surface area is 157 Å². The second-order valence-corrected chi connectivity index (χ2v) is 7.50. The Balaban J connectivity index is 1.58. The highest BCUT2D eigenvalue weighted by atomic mass is 32.2. The van der Waals surface area contributed by atoms with Crippen LogP contribution in [0.15, 0.2) is 41.9 Å². The van der Waals surface area contributed by atoms with Crippen molar-refractivity contribution in [3.05, 3.63) is 48.3 Å². The van der Waals surface area contributed by atoms with Crippen molar-refractivity contribution in [3.63, 3.8) is 0 Å². The van der Waals surface area contributed by atoms with Gasteiger partial charge in [-0.05, 0) is 31.5 Å². The molecule has 0 unspecified atom stereocenters. The molecule has 3 heterocycles. The van der Waals surface area contributed by atoms with Crippen LogP contribution in [0.3, 0.4) is 0 Å². The van der Waals surface area contributed by atoms with E-state index in [9.17, 15) is 8.42 Å². The molecule has 0 aliphatic carbocycles. The van der Waals surface area contributed by atoms with Crippen LogP contribution in [-0.2, 0) is 10.0 Å². The van der Waals surface area contributed by atoms with Crippen LogP contribution in [0, 0.1) is 13.8 Å². The quantitative estimate of drug-likeness (QED) is 0.424. The summed E-state index contributed by atoms with van der Waals surface area (Å²) in [5, 5.41) is 6.24. The van der Waals surface area contributed by atoms with Crippen LogP contribution in [0.5, 0.6) is 0 Å². The van der Waals surface area contributed by atoms with Crippen LogP contribution in [0.2, 0.25) is 0 Å². The maximum atomic E-state index is 12.0. The molecule has 0 fully saturated rings. The minimum absolute atomic E-state index is 0.0255. The number of nitrogens with one attached hydrogen (secondary N) is 4. The van der Waals surface area contributed by atoms with E-state index in [-0.39, 0.29) is 11.6 Å². The molecular weight excluding hydrogens is 368 g/mol. The molecule has 27 heavy (non-hydrogen) atoms. The molecule has 3 aromatic rings. The number of rotatable bonds is 8. The van der Waals surface area contributed by atoms with Crippen molar-refractivity contribution >= 4 is 27.5 Å². The first-order valence-corrected chi connectivity index (χ1v) is 9.68. The third kappa shape index (κ3) is 5.21. The van der Waals surface area contributed by atoms with E-state index < -0.39 is 10.0 Å². The van der Waals surface area contributed by atoms with E-state index in [1.165, 1.54) is 12.5 Å². The van der Waals surface area contributed by atoms with Crippen molar-refractivity contribution in [1.29, 1.82) is 0 Å². The Morgan fingerprint density at radius 3 is 2.63 bits per heavy atom. The second kappa shape index (κ2) is 8.10. The first-order valence-electron chi connectivity index (χ1n) is 8.20. The summed E-state index contributed by atoms with van der Waals surface area (Å²) in [6.07, 6.45) is 4.28. The molecule has 0 saturated carbocycles. The van der Waals surface area contributed by atoms with Gasteiger partial charge in [-0.3, -0.25) is 0 Å². The number of sulfonamides is 1. The van der Waals surface area contributed by atoms with Crippen molar-refractivity contribution in [2.75, 3.05) is 23.7 Å². The Bertz CT molecular complexity index is 1010. The molecule has 3 aromatic heterocycles. The highest BCUT2D eigenvalue weighted by Crippen LogP contribution is 2.16. The highest BCUT2D eigenvalue weighted by Gasteiger charge is 2.14. The first kappa shape index (κ1) is 18.7. The number of hydrogen-bond donors (Lipinski definition) is 4. The number of aromatic nitrogens is 5. The Morgan fingerprint density at radius 1 is 1.07 bits per heavy atom. The van der Waals surface area contributed by atoms with Gasteiger partial charge >= 0.3 is 0 Å². The smallest absolute Gasteiger partial charge is 0.257 e. The normalized spacial score (nSPS) is 11.3. The van der Waals surface area contributed by atoms with E-state index in [2.05, 4.69) is 40.3 Å². The predicted octanol–water partition coefficient (Wildman–Crippen LogP) is 1.35. The van der Waals surface area contributed by atoms with Crippen molar-refractivity contribution in [3.8, 4) is 0 Å². The van der Waals surface area contributed by atoms with Gasteiger partial charge < -0.3 is 15.6 Å². The third-order valence-electron chi connectivity index (χ3n) is 3.50. The lowest BCUT2D eigenvalue weighted by atomic mass is 10.3. The lowest BCUT2D eigenvalue weighted by Crippen LogP contribution is -2.29. The van der Waals surface area contributed by atoms with Gasteiger partial charge in [0.15, 0.2) is 5.03 Å². The highest BCUT2D eigenvalue weighted by molar-refractivity contribution is 7.89. The topological polar surface area (TPSA) is 138 Å². The molecular formula is C16H20N8O2S. The molecule has 0 bridgehead atoms. The average molecular weight is 388 g/mol. The molecule has 0 saturated heterocycles. The standard InChI is InChI=1S/C16H20N8O2S/c1-11-3-4-18-13(7-11)24-15-8-14(22-12(2)23-15)19-5-6-21-27(25,26)16-9-17-10-20-16/h3-4,7-10,21H,5-6H2,1-2H3,(H,17,20)(H2,18,19,22,23,24). The second-order valence-electron chi connectivity index (χ2n) is 5.77. The molecule has 0 aliphatic rings. The maximum absolute atomic E-state index is 12.0. The first-order chi connectivity index (χ1) is 12.9. The van der Waals surface area contributed by atoms with Crippen molar-refractivity contribution in [2.24, 2.45) is 0 Å². The maximum Gasteiger partial charge on any atom is 0.257 e. The van der Waals surface area contributed by atoms with Crippen LogP contribution in [0.4, 0.5) is 17.5 Å². The zero-order chi connectivity index (χ0) is 19.3. The largest absolute Gasteiger partial charge is 0.369 e. The van der Waals surface area contributed by atoms with E-state index in [0.29, 0.717) is 29.8 Å².